The Balaban J connectivity index is 2.16. The van der Waals surface area contributed by atoms with E-state index < -0.39 is 5.97 Å². The molecule has 88 valence electrons. The highest BCUT2D eigenvalue weighted by atomic mass is 16.7. The Morgan fingerprint density at radius 3 is 2.56 bits per heavy atom. The highest BCUT2D eigenvalue weighted by Gasteiger charge is 2.04. The Morgan fingerprint density at radius 2 is 1.94 bits per heavy atom. The molecule has 1 aromatic carbocycles. The van der Waals surface area contributed by atoms with Gasteiger partial charge in [0.15, 0.2) is 13.4 Å². The summed E-state index contributed by atoms with van der Waals surface area (Å²) in [6.07, 6.45) is 0.0443. The van der Waals surface area contributed by atoms with Crippen LogP contribution in [0.25, 0.3) is 0 Å². The maximum absolute atomic E-state index is 11.2. The van der Waals surface area contributed by atoms with Crippen molar-refractivity contribution in [3.05, 3.63) is 30.3 Å². The fourth-order valence-electron chi connectivity index (χ4n) is 0.936. The van der Waals surface area contributed by atoms with Crippen molar-refractivity contribution in [3.8, 4) is 5.75 Å². The van der Waals surface area contributed by atoms with Crippen LogP contribution in [-0.4, -0.2) is 25.5 Å². The normalized spacial score (nSPS) is 10.2. The number of carbonyl (C=O) groups excluding carboxylic acids is 1. The van der Waals surface area contributed by atoms with Crippen LogP contribution >= 0.6 is 0 Å². The van der Waals surface area contributed by atoms with Crippen molar-refractivity contribution in [1.82, 2.24) is 0 Å². The van der Waals surface area contributed by atoms with Gasteiger partial charge in [-0.05, 0) is 26.0 Å². The van der Waals surface area contributed by atoms with E-state index in [0.717, 1.165) is 0 Å². The molecule has 0 amide bonds. The first-order valence-corrected chi connectivity index (χ1v) is 5.13. The number of para-hydroxylation sites is 1. The summed E-state index contributed by atoms with van der Waals surface area (Å²) in [6, 6.07) is 9.10. The Hall–Kier alpha value is -1.55. The molecule has 0 fully saturated rings. The summed E-state index contributed by atoms with van der Waals surface area (Å²) in [4.78, 5) is 11.2. The molecule has 0 saturated heterocycles. The van der Waals surface area contributed by atoms with Crippen LogP contribution in [-0.2, 0) is 14.3 Å². The molecule has 0 N–H and O–H groups in total. The molecule has 0 unspecified atom stereocenters. The van der Waals surface area contributed by atoms with Crippen LogP contribution in [0.2, 0.25) is 0 Å². The Bertz CT molecular complexity index is 308. The Kier molecular flexibility index (Phi) is 5.36. The van der Waals surface area contributed by atoms with Gasteiger partial charge < -0.3 is 14.2 Å². The van der Waals surface area contributed by atoms with Gasteiger partial charge >= 0.3 is 5.97 Å². The van der Waals surface area contributed by atoms with E-state index in [0.29, 0.717) is 5.75 Å². The van der Waals surface area contributed by atoms with Crippen molar-refractivity contribution in [1.29, 1.82) is 0 Å². The summed E-state index contributed by atoms with van der Waals surface area (Å²) >= 11 is 0. The Labute approximate surface area is 95.1 Å². The van der Waals surface area contributed by atoms with Gasteiger partial charge in [-0.15, -0.1) is 0 Å². The summed E-state index contributed by atoms with van der Waals surface area (Å²) in [5.74, 6) is 0.203. The lowest BCUT2D eigenvalue weighted by molar-refractivity contribution is -0.161. The lowest BCUT2D eigenvalue weighted by Crippen LogP contribution is -2.18. The summed E-state index contributed by atoms with van der Waals surface area (Å²) in [7, 11) is 0. The zero-order valence-corrected chi connectivity index (χ0v) is 9.51. The average Bonchev–Trinajstić information content (AvgIpc) is 2.27. The molecule has 0 heterocycles. The molecule has 0 bridgehead atoms. The number of hydrogen-bond donors (Lipinski definition) is 0. The molecule has 0 spiro atoms. The molecule has 0 atom stereocenters. The van der Waals surface area contributed by atoms with Crippen LogP contribution in [0.3, 0.4) is 0 Å². The molecule has 1 rings (SSSR count). The molecule has 4 heteroatoms. The van der Waals surface area contributed by atoms with Crippen molar-refractivity contribution < 1.29 is 19.0 Å². The Morgan fingerprint density at radius 1 is 1.25 bits per heavy atom. The molecular formula is C12H16O4. The smallest absolute Gasteiger partial charge is 0.346 e. The maximum Gasteiger partial charge on any atom is 0.346 e. The molecule has 0 radical (unpaired) electrons. The molecule has 0 aliphatic rings. The predicted molar refractivity (Wildman–Crippen MR) is 59.1 cm³/mol. The van der Waals surface area contributed by atoms with E-state index >= 15 is 0 Å². The van der Waals surface area contributed by atoms with E-state index in [1.54, 1.807) is 12.1 Å². The fourth-order valence-corrected chi connectivity index (χ4v) is 0.936. The van der Waals surface area contributed by atoms with Crippen LogP contribution in [0.4, 0.5) is 0 Å². The average molecular weight is 224 g/mol. The minimum absolute atomic E-state index is 0.0331. The van der Waals surface area contributed by atoms with Gasteiger partial charge in [0.2, 0.25) is 0 Å². The van der Waals surface area contributed by atoms with Crippen molar-refractivity contribution in [2.45, 2.75) is 20.0 Å². The second-order valence-corrected chi connectivity index (χ2v) is 3.45. The predicted octanol–water partition coefficient (Wildman–Crippen LogP) is 1.99. The topological polar surface area (TPSA) is 44.8 Å². The van der Waals surface area contributed by atoms with Crippen LogP contribution in [0.5, 0.6) is 5.75 Å². The van der Waals surface area contributed by atoms with Gasteiger partial charge in [0.25, 0.3) is 0 Å². The van der Waals surface area contributed by atoms with Gasteiger partial charge in [0.05, 0.1) is 6.10 Å². The number of rotatable bonds is 6. The lowest BCUT2D eigenvalue weighted by Gasteiger charge is -2.09. The third-order valence-electron chi connectivity index (χ3n) is 1.72. The van der Waals surface area contributed by atoms with Crippen molar-refractivity contribution in [3.63, 3.8) is 0 Å². The van der Waals surface area contributed by atoms with Gasteiger partial charge in [0.1, 0.15) is 5.75 Å². The molecule has 4 nitrogen and oxygen atoms in total. The second kappa shape index (κ2) is 6.85. The van der Waals surface area contributed by atoms with E-state index in [9.17, 15) is 4.79 Å². The minimum atomic E-state index is -0.440. The van der Waals surface area contributed by atoms with E-state index in [4.69, 9.17) is 14.2 Å². The summed E-state index contributed by atoms with van der Waals surface area (Å²) in [5, 5.41) is 0. The third kappa shape index (κ3) is 5.36. The van der Waals surface area contributed by atoms with Gasteiger partial charge in [-0.25, -0.2) is 4.79 Å². The van der Waals surface area contributed by atoms with Crippen LogP contribution < -0.4 is 4.74 Å². The fraction of sp³-hybridized carbons (Fsp3) is 0.417. The van der Waals surface area contributed by atoms with Gasteiger partial charge in [-0.2, -0.15) is 0 Å². The summed E-state index contributed by atoms with van der Waals surface area (Å²) in [5.41, 5.74) is 0. The first-order chi connectivity index (χ1) is 7.68. The maximum atomic E-state index is 11.2. The first kappa shape index (κ1) is 12.5. The molecule has 16 heavy (non-hydrogen) atoms. The number of benzene rings is 1. The highest BCUT2D eigenvalue weighted by molar-refractivity contribution is 5.70. The largest absolute Gasteiger partial charge is 0.482 e. The number of ether oxygens (including phenoxy) is 3. The number of hydrogen-bond acceptors (Lipinski definition) is 4. The van der Waals surface area contributed by atoms with Gasteiger partial charge in [-0.3, -0.25) is 0 Å². The monoisotopic (exact) mass is 224 g/mol. The molecule has 0 saturated carbocycles. The van der Waals surface area contributed by atoms with Crippen molar-refractivity contribution >= 4 is 5.97 Å². The van der Waals surface area contributed by atoms with E-state index in [1.165, 1.54) is 0 Å². The molecular weight excluding hydrogens is 208 g/mol. The van der Waals surface area contributed by atoms with Gasteiger partial charge in [-0.1, -0.05) is 18.2 Å². The van der Waals surface area contributed by atoms with E-state index in [-0.39, 0.29) is 19.5 Å². The highest BCUT2D eigenvalue weighted by Crippen LogP contribution is 2.07. The van der Waals surface area contributed by atoms with Crippen LogP contribution in [0.15, 0.2) is 30.3 Å². The van der Waals surface area contributed by atoms with E-state index in [2.05, 4.69) is 0 Å². The first-order valence-electron chi connectivity index (χ1n) is 5.13. The number of carbonyl (C=O) groups is 1. The molecule has 0 aromatic heterocycles. The number of esters is 1. The van der Waals surface area contributed by atoms with Crippen molar-refractivity contribution in [2.24, 2.45) is 0 Å². The quantitative estimate of drug-likeness (QED) is 0.547. The zero-order valence-electron chi connectivity index (χ0n) is 9.51. The molecule has 0 aliphatic heterocycles. The second-order valence-electron chi connectivity index (χ2n) is 3.45. The van der Waals surface area contributed by atoms with Crippen molar-refractivity contribution in [2.75, 3.05) is 13.4 Å². The molecule has 1 aromatic rings. The van der Waals surface area contributed by atoms with Crippen LogP contribution in [0.1, 0.15) is 13.8 Å². The summed E-state index contributed by atoms with van der Waals surface area (Å²) in [6.45, 7) is 3.60. The lowest BCUT2D eigenvalue weighted by atomic mass is 10.3. The summed E-state index contributed by atoms with van der Waals surface area (Å²) < 4.78 is 15.0. The minimum Gasteiger partial charge on any atom is -0.482 e. The zero-order chi connectivity index (χ0) is 11.8. The SMILES string of the molecule is CC(C)OCOC(=O)COc1ccccc1. The standard InChI is InChI=1S/C12H16O4/c1-10(2)15-9-16-12(13)8-14-11-6-4-3-5-7-11/h3-7,10H,8-9H2,1-2H3. The van der Waals surface area contributed by atoms with Gasteiger partial charge in [0, 0.05) is 0 Å². The third-order valence-corrected chi connectivity index (χ3v) is 1.72. The van der Waals surface area contributed by atoms with Crippen LogP contribution in [0, 0.1) is 0 Å². The van der Waals surface area contributed by atoms with E-state index in [1.807, 2.05) is 32.0 Å². The molecule has 0 aliphatic carbocycles.